The molecule has 0 unspecified atom stereocenters. The molecule has 0 radical (unpaired) electrons. The number of carbonyl (C=O) groups excluding carboxylic acids is 1. The van der Waals surface area contributed by atoms with Crippen LogP contribution < -0.4 is 0 Å². The Morgan fingerprint density at radius 2 is 1.54 bits per heavy atom. The maximum Gasteiger partial charge on any atom is 0.193 e. The van der Waals surface area contributed by atoms with Gasteiger partial charge in [0.05, 0.1) is 0 Å². The van der Waals surface area contributed by atoms with E-state index in [1.54, 1.807) is 0 Å². The Labute approximate surface area is 148 Å². The number of hydrogen-bond acceptors (Lipinski definition) is 1. The third kappa shape index (κ3) is 2.36. The number of para-hydroxylation sites is 1. The van der Waals surface area contributed by atoms with Gasteiger partial charge in [0.25, 0.3) is 0 Å². The smallest absolute Gasteiger partial charge is 0.193 e. The van der Waals surface area contributed by atoms with E-state index in [1.807, 2.05) is 42.5 Å². The van der Waals surface area contributed by atoms with Crippen LogP contribution in [0.1, 0.15) is 22.8 Å². The van der Waals surface area contributed by atoms with Crippen LogP contribution in [0, 0.1) is 0 Å². The van der Waals surface area contributed by atoms with Crippen LogP contribution in [-0.4, -0.2) is 10.4 Å². The number of benzene rings is 3. The van der Waals surface area contributed by atoms with Crippen LogP contribution in [0.3, 0.4) is 0 Å². The highest BCUT2D eigenvalue weighted by Gasteiger charge is 2.14. The van der Waals surface area contributed by atoms with E-state index in [-0.39, 0.29) is 5.78 Å². The zero-order valence-electron chi connectivity index (χ0n) is 13.3. The maximum absolute atomic E-state index is 12.8. The Balaban J connectivity index is 1.91. The lowest BCUT2D eigenvalue weighted by atomic mass is 10.0. The fraction of sp³-hybridized carbons (Fsp3) is 0.0952. The molecule has 0 atom stereocenters. The monoisotopic (exact) mass is 377 g/mol. The number of nitrogens with zero attached hydrogens (tertiary/aromatic N) is 1. The highest BCUT2D eigenvalue weighted by Crippen LogP contribution is 2.30. The lowest BCUT2D eigenvalue weighted by Crippen LogP contribution is -2.01. The van der Waals surface area contributed by atoms with Crippen LogP contribution in [0.4, 0.5) is 0 Å². The van der Waals surface area contributed by atoms with Crippen LogP contribution in [0.25, 0.3) is 21.8 Å². The van der Waals surface area contributed by atoms with Crippen molar-refractivity contribution in [1.82, 2.24) is 4.57 Å². The number of aryl methyl sites for hydroxylation is 1. The van der Waals surface area contributed by atoms with Gasteiger partial charge in [-0.1, -0.05) is 34.1 Å². The first-order chi connectivity index (χ1) is 11.7. The van der Waals surface area contributed by atoms with E-state index in [1.165, 1.54) is 16.4 Å². The normalized spacial score (nSPS) is 11.2. The Hall–Kier alpha value is -2.39. The lowest BCUT2D eigenvalue weighted by molar-refractivity contribution is 0.103. The summed E-state index contributed by atoms with van der Waals surface area (Å²) < 4.78 is 3.26. The molecule has 0 amide bonds. The molecule has 0 aliphatic carbocycles. The number of fused-ring (bicyclic) bond motifs is 3. The number of hydrogen-bond donors (Lipinski definition) is 0. The summed E-state index contributed by atoms with van der Waals surface area (Å²) in [5.41, 5.74) is 3.81. The van der Waals surface area contributed by atoms with Crippen molar-refractivity contribution in [3.63, 3.8) is 0 Å². The SMILES string of the molecule is CCn1c2ccccc2c2cc(C(=O)c3ccc(Br)cc3)ccc21. The van der Waals surface area contributed by atoms with Crippen molar-refractivity contribution in [3.8, 4) is 0 Å². The van der Waals surface area contributed by atoms with Crippen molar-refractivity contribution in [3.05, 3.63) is 82.3 Å². The number of halogens is 1. The largest absolute Gasteiger partial charge is 0.341 e. The van der Waals surface area contributed by atoms with Gasteiger partial charge in [0.1, 0.15) is 0 Å². The summed E-state index contributed by atoms with van der Waals surface area (Å²) in [4.78, 5) is 12.8. The molecule has 2 nitrogen and oxygen atoms in total. The molecule has 0 aliphatic rings. The summed E-state index contributed by atoms with van der Waals surface area (Å²) in [7, 11) is 0. The third-order valence-corrected chi connectivity index (χ3v) is 4.99. The van der Waals surface area contributed by atoms with Crippen LogP contribution in [0.5, 0.6) is 0 Å². The Bertz CT molecular complexity index is 1060. The summed E-state index contributed by atoms with van der Waals surface area (Å²) in [5.74, 6) is 0.0535. The van der Waals surface area contributed by atoms with Crippen molar-refractivity contribution in [2.75, 3.05) is 0 Å². The minimum atomic E-state index is 0.0535. The third-order valence-electron chi connectivity index (χ3n) is 4.46. The van der Waals surface area contributed by atoms with Crippen molar-refractivity contribution in [2.45, 2.75) is 13.5 Å². The van der Waals surface area contributed by atoms with Gasteiger partial charge in [-0.25, -0.2) is 0 Å². The predicted molar refractivity (Wildman–Crippen MR) is 103 cm³/mol. The van der Waals surface area contributed by atoms with Crippen molar-refractivity contribution >= 4 is 43.5 Å². The van der Waals surface area contributed by atoms with Crippen LogP contribution in [0.2, 0.25) is 0 Å². The fourth-order valence-electron chi connectivity index (χ4n) is 3.30. The maximum atomic E-state index is 12.8. The predicted octanol–water partition coefficient (Wildman–Crippen LogP) is 5.81. The van der Waals surface area contributed by atoms with Gasteiger partial charge in [0.15, 0.2) is 5.78 Å². The molecule has 0 saturated carbocycles. The number of rotatable bonds is 3. The molecule has 0 saturated heterocycles. The molecule has 3 aromatic carbocycles. The van der Waals surface area contributed by atoms with Crippen molar-refractivity contribution < 1.29 is 4.79 Å². The zero-order chi connectivity index (χ0) is 16.7. The highest BCUT2D eigenvalue weighted by atomic mass is 79.9. The van der Waals surface area contributed by atoms with Crippen LogP contribution in [-0.2, 0) is 6.54 Å². The fourth-order valence-corrected chi connectivity index (χ4v) is 3.57. The van der Waals surface area contributed by atoms with Gasteiger partial charge in [-0.15, -0.1) is 0 Å². The Morgan fingerprint density at radius 3 is 2.29 bits per heavy atom. The topological polar surface area (TPSA) is 22.0 Å². The van der Waals surface area contributed by atoms with E-state index >= 15 is 0 Å². The summed E-state index contributed by atoms with van der Waals surface area (Å²) in [6.07, 6.45) is 0. The van der Waals surface area contributed by atoms with Gasteiger partial charge in [0.2, 0.25) is 0 Å². The first-order valence-corrected chi connectivity index (χ1v) is 8.79. The van der Waals surface area contributed by atoms with Crippen LogP contribution in [0.15, 0.2) is 71.2 Å². The lowest BCUT2D eigenvalue weighted by Gasteiger charge is -2.04. The second-order valence-electron chi connectivity index (χ2n) is 5.83. The second-order valence-corrected chi connectivity index (χ2v) is 6.75. The Morgan fingerprint density at radius 1 is 0.875 bits per heavy atom. The average molecular weight is 378 g/mol. The first-order valence-electron chi connectivity index (χ1n) is 8.00. The van der Waals surface area contributed by atoms with Gasteiger partial charge in [-0.2, -0.15) is 0 Å². The molecule has 0 spiro atoms. The number of aromatic nitrogens is 1. The van der Waals surface area contributed by atoms with E-state index in [4.69, 9.17) is 0 Å². The molecular weight excluding hydrogens is 362 g/mol. The second kappa shape index (κ2) is 5.91. The molecule has 3 heteroatoms. The molecule has 4 aromatic rings. The molecule has 0 fully saturated rings. The summed E-state index contributed by atoms with van der Waals surface area (Å²) >= 11 is 3.41. The van der Waals surface area contributed by atoms with E-state index in [2.05, 4.69) is 51.7 Å². The first kappa shape index (κ1) is 15.2. The zero-order valence-corrected chi connectivity index (χ0v) is 14.9. The molecule has 0 bridgehead atoms. The van der Waals surface area contributed by atoms with E-state index in [0.29, 0.717) is 5.56 Å². The van der Waals surface area contributed by atoms with Crippen molar-refractivity contribution in [2.24, 2.45) is 0 Å². The minimum absolute atomic E-state index is 0.0535. The van der Waals surface area contributed by atoms with Gasteiger partial charge < -0.3 is 4.57 Å². The average Bonchev–Trinajstić information content (AvgIpc) is 2.95. The molecular formula is C21H16BrNO. The van der Waals surface area contributed by atoms with Gasteiger partial charge >= 0.3 is 0 Å². The summed E-state index contributed by atoms with van der Waals surface area (Å²) in [5, 5.41) is 2.33. The highest BCUT2D eigenvalue weighted by molar-refractivity contribution is 9.10. The van der Waals surface area contributed by atoms with Gasteiger partial charge in [0, 0.05) is 44.0 Å². The molecule has 0 aliphatic heterocycles. The molecule has 1 aromatic heterocycles. The number of ketones is 1. The quantitative estimate of drug-likeness (QED) is 0.413. The molecule has 1 heterocycles. The van der Waals surface area contributed by atoms with Crippen molar-refractivity contribution in [1.29, 1.82) is 0 Å². The molecule has 0 N–H and O–H groups in total. The van der Waals surface area contributed by atoms with E-state index < -0.39 is 0 Å². The van der Waals surface area contributed by atoms with E-state index in [0.717, 1.165) is 22.0 Å². The number of carbonyl (C=O) groups is 1. The summed E-state index contributed by atoms with van der Waals surface area (Å²) in [6, 6.07) is 21.9. The standard InChI is InChI=1S/C21H16BrNO/c1-2-23-19-6-4-3-5-17(19)18-13-15(9-12-20(18)23)21(24)14-7-10-16(22)11-8-14/h3-13H,2H2,1H3. The minimum Gasteiger partial charge on any atom is -0.341 e. The van der Waals surface area contributed by atoms with E-state index in [9.17, 15) is 4.79 Å². The molecule has 24 heavy (non-hydrogen) atoms. The summed E-state index contributed by atoms with van der Waals surface area (Å²) in [6.45, 7) is 3.05. The molecule has 4 rings (SSSR count). The Kier molecular flexibility index (Phi) is 3.73. The van der Waals surface area contributed by atoms with Gasteiger partial charge in [-0.3, -0.25) is 4.79 Å². The van der Waals surface area contributed by atoms with Crippen LogP contribution >= 0.6 is 15.9 Å². The van der Waals surface area contributed by atoms with Gasteiger partial charge in [-0.05, 0) is 55.5 Å². The molecule has 118 valence electrons.